The molecule has 1 heterocycles. The summed E-state index contributed by atoms with van der Waals surface area (Å²) in [5.41, 5.74) is 0.285. The second-order valence-electron chi connectivity index (χ2n) is 3.65. The Bertz CT molecular complexity index is 657. The monoisotopic (exact) mass is 259 g/mol. The van der Waals surface area contributed by atoms with Gasteiger partial charge in [0, 0.05) is 12.1 Å². The lowest BCUT2D eigenvalue weighted by molar-refractivity contribution is -0.384. The van der Waals surface area contributed by atoms with Gasteiger partial charge in [0.1, 0.15) is 11.5 Å². The molecule has 0 atom stereocenters. The molecular weight excluding hydrogens is 250 g/mol. The molecule has 19 heavy (non-hydrogen) atoms. The minimum Gasteiger partial charge on any atom is -0.478 e. The van der Waals surface area contributed by atoms with Gasteiger partial charge in [-0.25, -0.2) is 4.79 Å². The summed E-state index contributed by atoms with van der Waals surface area (Å²) in [5, 5.41) is 19.4. The molecule has 96 valence electrons. The highest BCUT2D eigenvalue weighted by atomic mass is 16.6. The van der Waals surface area contributed by atoms with Gasteiger partial charge in [0.15, 0.2) is 0 Å². The minimum absolute atomic E-state index is 0.0642. The third-order valence-electron chi connectivity index (χ3n) is 2.38. The van der Waals surface area contributed by atoms with Crippen molar-refractivity contribution in [3.63, 3.8) is 0 Å². The Balaban J connectivity index is 2.38. The van der Waals surface area contributed by atoms with E-state index in [1.54, 1.807) is 30.3 Å². The normalized spacial score (nSPS) is 10.7. The zero-order valence-electron chi connectivity index (χ0n) is 9.65. The molecule has 0 fully saturated rings. The molecule has 0 spiro atoms. The van der Waals surface area contributed by atoms with E-state index in [0.717, 1.165) is 6.08 Å². The van der Waals surface area contributed by atoms with Crippen molar-refractivity contribution in [1.82, 2.24) is 0 Å². The zero-order valence-corrected chi connectivity index (χ0v) is 9.65. The Morgan fingerprint density at radius 3 is 2.68 bits per heavy atom. The molecule has 0 aliphatic carbocycles. The summed E-state index contributed by atoms with van der Waals surface area (Å²) in [5.74, 6) is -0.462. The van der Waals surface area contributed by atoms with Gasteiger partial charge in [0.2, 0.25) is 0 Å². The lowest BCUT2D eigenvalue weighted by Crippen LogP contribution is -1.90. The standard InChI is InChI=1S/C13H9NO5/c15-13(16)8-6-9-5-7-12(19-9)10-3-1-2-4-11(10)14(17)18/h1-8H,(H,15,16)/b8-6+. The fourth-order valence-corrected chi connectivity index (χ4v) is 1.58. The Kier molecular flexibility index (Phi) is 3.42. The summed E-state index contributed by atoms with van der Waals surface area (Å²) < 4.78 is 5.36. The van der Waals surface area contributed by atoms with Crippen LogP contribution in [0.3, 0.4) is 0 Å². The van der Waals surface area contributed by atoms with Gasteiger partial charge in [0.25, 0.3) is 5.69 Å². The number of carboxylic acid groups (broad SMARTS) is 1. The first kappa shape index (κ1) is 12.6. The molecule has 0 saturated carbocycles. The lowest BCUT2D eigenvalue weighted by atomic mass is 10.1. The molecule has 1 aromatic heterocycles. The van der Waals surface area contributed by atoms with Crippen molar-refractivity contribution >= 4 is 17.7 Å². The van der Waals surface area contributed by atoms with Gasteiger partial charge in [-0.3, -0.25) is 10.1 Å². The lowest BCUT2D eigenvalue weighted by Gasteiger charge is -1.98. The zero-order chi connectivity index (χ0) is 13.8. The van der Waals surface area contributed by atoms with E-state index in [9.17, 15) is 14.9 Å². The molecule has 1 aromatic carbocycles. The van der Waals surface area contributed by atoms with Crippen LogP contribution in [0.15, 0.2) is 46.9 Å². The van der Waals surface area contributed by atoms with Gasteiger partial charge in [-0.1, -0.05) is 12.1 Å². The van der Waals surface area contributed by atoms with Crippen LogP contribution < -0.4 is 0 Å². The van der Waals surface area contributed by atoms with Gasteiger partial charge in [-0.2, -0.15) is 0 Å². The van der Waals surface area contributed by atoms with Crippen LogP contribution in [0, 0.1) is 10.1 Å². The first-order valence-electron chi connectivity index (χ1n) is 5.32. The third kappa shape index (κ3) is 2.86. The smallest absolute Gasteiger partial charge is 0.328 e. The van der Waals surface area contributed by atoms with Crippen molar-refractivity contribution in [2.24, 2.45) is 0 Å². The predicted octanol–water partition coefficient (Wildman–Crippen LogP) is 2.95. The van der Waals surface area contributed by atoms with Crippen molar-refractivity contribution in [2.45, 2.75) is 0 Å². The molecule has 0 unspecified atom stereocenters. The van der Waals surface area contributed by atoms with E-state index in [-0.39, 0.29) is 5.69 Å². The molecule has 6 heteroatoms. The number of carboxylic acids is 1. The van der Waals surface area contributed by atoms with Crippen molar-refractivity contribution in [2.75, 3.05) is 0 Å². The number of aliphatic carboxylic acids is 1. The summed E-state index contributed by atoms with van der Waals surface area (Å²) in [6.45, 7) is 0. The number of nitro benzene ring substituents is 1. The highest BCUT2D eigenvalue weighted by Gasteiger charge is 2.16. The number of para-hydroxylation sites is 1. The second-order valence-corrected chi connectivity index (χ2v) is 3.65. The van der Waals surface area contributed by atoms with Crippen LogP contribution in [0.1, 0.15) is 5.76 Å². The van der Waals surface area contributed by atoms with Gasteiger partial charge < -0.3 is 9.52 Å². The summed E-state index contributed by atoms with van der Waals surface area (Å²) >= 11 is 0. The second kappa shape index (κ2) is 5.18. The van der Waals surface area contributed by atoms with E-state index >= 15 is 0 Å². The van der Waals surface area contributed by atoms with E-state index in [1.165, 1.54) is 12.1 Å². The molecule has 2 rings (SSSR count). The molecule has 0 bridgehead atoms. The van der Waals surface area contributed by atoms with E-state index < -0.39 is 10.9 Å². The number of hydrogen-bond donors (Lipinski definition) is 1. The van der Waals surface area contributed by atoms with Crippen LogP contribution in [0.5, 0.6) is 0 Å². The molecule has 1 N–H and O–H groups in total. The number of carbonyl (C=O) groups is 1. The average molecular weight is 259 g/mol. The highest BCUT2D eigenvalue weighted by molar-refractivity contribution is 5.85. The maximum absolute atomic E-state index is 10.9. The van der Waals surface area contributed by atoms with Crippen molar-refractivity contribution < 1.29 is 19.2 Å². The molecule has 0 saturated heterocycles. The SMILES string of the molecule is O=C(O)/C=C/c1ccc(-c2ccccc2[N+](=O)[O-])o1. The number of nitro groups is 1. The molecule has 6 nitrogen and oxygen atoms in total. The van der Waals surface area contributed by atoms with Gasteiger partial charge >= 0.3 is 5.97 Å². The van der Waals surface area contributed by atoms with E-state index in [4.69, 9.17) is 9.52 Å². The van der Waals surface area contributed by atoms with E-state index in [1.807, 2.05) is 0 Å². The van der Waals surface area contributed by atoms with Crippen LogP contribution in [-0.2, 0) is 4.79 Å². The first-order valence-corrected chi connectivity index (χ1v) is 5.32. The summed E-state index contributed by atoms with van der Waals surface area (Å²) in [6.07, 6.45) is 2.21. The summed E-state index contributed by atoms with van der Waals surface area (Å²) in [6, 6.07) is 9.29. The van der Waals surface area contributed by atoms with Crippen LogP contribution in [0.25, 0.3) is 17.4 Å². The van der Waals surface area contributed by atoms with E-state index in [0.29, 0.717) is 17.1 Å². The molecule has 0 amide bonds. The summed E-state index contributed by atoms with van der Waals surface area (Å²) in [7, 11) is 0. The molecular formula is C13H9NO5. The molecule has 0 aliphatic rings. The number of furan rings is 1. The fraction of sp³-hybridized carbons (Fsp3) is 0. The van der Waals surface area contributed by atoms with Crippen LogP contribution in [-0.4, -0.2) is 16.0 Å². The quantitative estimate of drug-likeness (QED) is 0.517. The van der Waals surface area contributed by atoms with Gasteiger partial charge in [-0.05, 0) is 24.3 Å². The maximum Gasteiger partial charge on any atom is 0.328 e. The van der Waals surface area contributed by atoms with Crippen molar-refractivity contribution in [3.8, 4) is 11.3 Å². The largest absolute Gasteiger partial charge is 0.478 e. The number of hydrogen-bond acceptors (Lipinski definition) is 4. The Morgan fingerprint density at radius 1 is 1.26 bits per heavy atom. The van der Waals surface area contributed by atoms with Gasteiger partial charge in [0.05, 0.1) is 10.5 Å². The fourth-order valence-electron chi connectivity index (χ4n) is 1.58. The van der Waals surface area contributed by atoms with Crippen molar-refractivity contribution in [1.29, 1.82) is 0 Å². The Morgan fingerprint density at radius 2 is 2.00 bits per heavy atom. The van der Waals surface area contributed by atoms with Gasteiger partial charge in [-0.15, -0.1) is 0 Å². The maximum atomic E-state index is 10.9. The Labute approximate surface area is 107 Å². The average Bonchev–Trinajstić information content (AvgIpc) is 2.85. The number of nitrogens with zero attached hydrogens (tertiary/aromatic N) is 1. The highest BCUT2D eigenvalue weighted by Crippen LogP contribution is 2.30. The predicted molar refractivity (Wildman–Crippen MR) is 67.5 cm³/mol. The third-order valence-corrected chi connectivity index (χ3v) is 2.38. The first-order chi connectivity index (χ1) is 9.08. The number of rotatable bonds is 4. The van der Waals surface area contributed by atoms with Crippen LogP contribution in [0.4, 0.5) is 5.69 Å². The molecule has 2 aromatic rings. The number of benzene rings is 1. The van der Waals surface area contributed by atoms with Crippen LogP contribution >= 0.6 is 0 Å². The molecule has 0 radical (unpaired) electrons. The van der Waals surface area contributed by atoms with Crippen molar-refractivity contribution in [3.05, 3.63) is 58.3 Å². The van der Waals surface area contributed by atoms with E-state index in [2.05, 4.69) is 0 Å². The topological polar surface area (TPSA) is 93.6 Å². The van der Waals surface area contributed by atoms with Crippen LogP contribution in [0.2, 0.25) is 0 Å². The summed E-state index contributed by atoms with van der Waals surface area (Å²) in [4.78, 5) is 20.8. The minimum atomic E-state index is -1.09. The molecule has 0 aliphatic heterocycles. The Hall–Kier alpha value is -2.89.